The van der Waals surface area contributed by atoms with Crippen LogP contribution in [0.3, 0.4) is 0 Å². The van der Waals surface area contributed by atoms with Gasteiger partial charge in [0.15, 0.2) is 11.5 Å². The Kier molecular flexibility index (Phi) is 3.75. The molecule has 3 rings (SSSR count). The van der Waals surface area contributed by atoms with Gasteiger partial charge in [0.05, 0.1) is 6.04 Å². The summed E-state index contributed by atoms with van der Waals surface area (Å²) in [5.41, 5.74) is 0.135. The van der Waals surface area contributed by atoms with E-state index in [1.165, 1.54) is 6.08 Å². The number of rotatable bonds is 1. The summed E-state index contributed by atoms with van der Waals surface area (Å²) in [5.74, 6) is 0.900. The Hall–Kier alpha value is -2.50. The topological polar surface area (TPSA) is 65.1 Å². The molecule has 0 bridgehead atoms. The number of amides is 2. The highest BCUT2D eigenvalue weighted by molar-refractivity contribution is 6.00. The standard InChI is InChI=1S/C17H19NO5/c1-17(2,3)23-16(20)18-12(5-4-6-15(18)19)11-7-8-13-14(9-11)22-10-21-13/h4,6-9,12H,5,10H2,1-3H3/t12-/m1/s1. The number of fused-ring (bicyclic) bond motifs is 1. The average Bonchev–Trinajstić information content (AvgIpc) is 2.92. The Balaban J connectivity index is 1.91. The summed E-state index contributed by atoms with van der Waals surface area (Å²) in [6.45, 7) is 5.48. The summed E-state index contributed by atoms with van der Waals surface area (Å²) >= 11 is 0. The predicted molar refractivity (Wildman–Crippen MR) is 82.1 cm³/mol. The number of carbonyl (C=O) groups is 2. The van der Waals surface area contributed by atoms with Gasteiger partial charge in [-0.2, -0.15) is 0 Å². The Morgan fingerprint density at radius 3 is 2.74 bits per heavy atom. The molecule has 2 amide bonds. The zero-order chi connectivity index (χ0) is 16.6. The molecule has 0 aliphatic carbocycles. The molecular weight excluding hydrogens is 298 g/mol. The number of benzene rings is 1. The molecule has 2 aliphatic rings. The Bertz CT molecular complexity index is 674. The summed E-state index contributed by atoms with van der Waals surface area (Å²) in [6, 6.07) is 5.00. The fraction of sp³-hybridized carbons (Fsp3) is 0.412. The largest absolute Gasteiger partial charge is 0.454 e. The van der Waals surface area contributed by atoms with Crippen LogP contribution in [0.1, 0.15) is 38.8 Å². The fourth-order valence-electron chi connectivity index (χ4n) is 2.57. The van der Waals surface area contributed by atoms with E-state index in [1.54, 1.807) is 39.0 Å². The summed E-state index contributed by atoms with van der Waals surface area (Å²) < 4.78 is 16.0. The fourth-order valence-corrected chi connectivity index (χ4v) is 2.57. The van der Waals surface area contributed by atoms with E-state index < -0.39 is 17.7 Å². The van der Waals surface area contributed by atoms with Crippen molar-refractivity contribution in [1.29, 1.82) is 0 Å². The maximum Gasteiger partial charge on any atom is 0.417 e. The van der Waals surface area contributed by atoms with Crippen LogP contribution in [0.4, 0.5) is 4.79 Å². The lowest BCUT2D eigenvalue weighted by atomic mass is 9.98. The van der Waals surface area contributed by atoms with E-state index in [2.05, 4.69) is 0 Å². The molecule has 122 valence electrons. The van der Waals surface area contributed by atoms with Gasteiger partial charge in [-0.05, 0) is 51.0 Å². The van der Waals surface area contributed by atoms with Gasteiger partial charge in [0, 0.05) is 0 Å². The van der Waals surface area contributed by atoms with Crippen LogP contribution >= 0.6 is 0 Å². The molecule has 1 atom stereocenters. The molecule has 2 heterocycles. The molecule has 23 heavy (non-hydrogen) atoms. The number of hydrogen-bond acceptors (Lipinski definition) is 5. The lowest BCUT2D eigenvalue weighted by Crippen LogP contribution is -2.43. The Labute approximate surface area is 134 Å². The van der Waals surface area contributed by atoms with E-state index >= 15 is 0 Å². The van der Waals surface area contributed by atoms with Crippen LogP contribution < -0.4 is 9.47 Å². The average molecular weight is 317 g/mol. The molecule has 1 aromatic carbocycles. The van der Waals surface area contributed by atoms with Crippen molar-refractivity contribution in [1.82, 2.24) is 4.90 Å². The van der Waals surface area contributed by atoms with Crippen molar-refractivity contribution < 1.29 is 23.8 Å². The van der Waals surface area contributed by atoms with Gasteiger partial charge in [-0.25, -0.2) is 9.69 Å². The van der Waals surface area contributed by atoms with Crippen molar-refractivity contribution in [3.63, 3.8) is 0 Å². The first kappa shape index (κ1) is 15.4. The van der Waals surface area contributed by atoms with Crippen LogP contribution in [0.5, 0.6) is 11.5 Å². The van der Waals surface area contributed by atoms with Gasteiger partial charge in [0.25, 0.3) is 5.91 Å². The van der Waals surface area contributed by atoms with Crippen LogP contribution in [0, 0.1) is 0 Å². The SMILES string of the molecule is CC(C)(C)OC(=O)N1C(=O)C=CC[C@@H]1c1ccc2c(c1)OCO2. The van der Waals surface area contributed by atoms with Crippen molar-refractivity contribution >= 4 is 12.0 Å². The number of imide groups is 1. The van der Waals surface area contributed by atoms with E-state index in [1.807, 2.05) is 6.07 Å². The molecular formula is C17H19NO5. The van der Waals surface area contributed by atoms with Gasteiger partial charge in [0.2, 0.25) is 6.79 Å². The van der Waals surface area contributed by atoms with Gasteiger partial charge < -0.3 is 14.2 Å². The monoisotopic (exact) mass is 317 g/mol. The van der Waals surface area contributed by atoms with Gasteiger partial charge in [-0.1, -0.05) is 12.1 Å². The van der Waals surface area contributed by atoms with E-state index in [4.69, 9.17) is 14.2 Å². The molecule has 6 nitrogen and oxygen atoms in total. The second-order valence-electron chi connectivity index (χ2n) is 6.46. The smallest absolute Gasteiger partial charge is 0.417 e. The van der Waals surface area contributed by atoms with Crippen LogP contribution in [0.2, 0.25) is 0 Å². The second-order valence-corrected chi connectivity index (χ2v) is 6.46. The molecule has 0 saturated carbocycles. The van der Waals surface area contributed by atoms with Crippen molar-refractivity contribution in [2.24, 2.45) is 0 Å². The summed E-state index contributed by atoms with van der Waals surface area (Å²) in [5, 5.41) is 0. The van der Waals surface area contributed by atoms with Gasteiger partial charge in [-0.3, -0.25) is 4.79 Å². The van der Waals surface area contributed by atoms with Crippen LogP contribution in [0.15, 0.2) is 30.4 Å². The molecule has 1 aromatic rings. The van der Waals surface area contributed by atoms with Crippen molar-refractivity contribution in [2.75, 3.05) is 6.79 Å². The van der Waals surface area contributed by atoms with Crippen LogP contribution in [-0.2, 0) is 9.53 Å². The minimum absolute atomic E-state index is 0.179. The third-order valence-electron chi connectivity index (χ3n) is 3.54. The zero-order valence-corrected chi connectivity index (χ0v) is 13.4. The lowest BCUT2D eigenvalue weighted by molar-refractivity contribution is -0.128. The van der Waals surface area contributed by atoms with Crippen molar-refractivity contribution in [2.45, 2.75) is 38.8 Å². The highest BCUT2D eigenvalue weighted by Gasteiger charge is 2.35. The molecule has 0 aromatic heterocycles. The predicted octanol–water partition coefficient (Wildman–Crippen LogP) is 3.18. The number of ether oxygens (including phenoxy) is 3. The van der Waals surface area contributed by atoms with Crippen molar-refractivity contribution in [3.8, 4) is 11.5 Å². The highest BCUT2D eigenvalue weighted by Crippen LogP contribution is 2.38. The summed E-state index contributed by atoms with van der Waals surface area (Å²) in [4.78, 5) is 25.8. The minimum Gasteiger partial charge on any atom is -0.454 e. The van der Waals surface area contributed by atoms with E-state index in [0.29, 0.717) is 17.9 Å². The number of nitrogens with zero attached hydrogens (tertiary/aromatic N) is 1. The summed E-state index contributed by atoms with van der Waals surface area (Å²) in [6.07, 6.45) is 3.05. The first-order valence-corrected chi connectivity index (χ1v) is 7.47. The molecule has 0 radical (unpaired) electrons. The quantitative estimate of drug-likeness (QED) is 0.796. The van der Waals surface area contributed by atoms with Gasteiger partial charge in [0.1, 0.15) is 5.60 Å². The molecule has 6 heteroatoms. The lowest BCUT2D eigenvalue weighted by Gasteiger charge is -2.33. The van der Waals surface area contributed by atoms with Crippen LogP contribution in [0.25, 0.3) is 0 Å². The maximum absolute atomic E-state index is 12.4. The first-order valence-electron chi connectivity index (χ1n) is 7.47. The third kappa shape index (κ3) is 3.16. The van der Waals surface area contributed by atoms with Crippen LogP contribution in [-0.4, -0.2) is 29.3 Å². The molecule has 0 unspecified atom stereocenters. The Morgan fingerprint density at radius 2 is 2.00 bits per heavy atom. The van der Waals surface area contributed by atoms with E-state index in [-0.39, 0.29) is 12.7 Å². The minimum atomic E-state index is -0.669. The van der Waals surface area contributed by atoms with Gasteiger partial charge >= 0.3 is 6.09 Å². The maximum atomic E-state index is 12.4. The number of carbonyl (C=O) groups excluding carboxylic acids is 2. The third-order valence-corrected chi connectivity index (χ3v) is 3.54. The highest BCUT2D eigenvalue weighted by atomic mass is 16.7. The normalized spacial score (nSPS) is 19.9. The van der Waals surface area contributed by atoms with E-state index in [0.717, 1.165) is 10.5 Å². The molecule has 2 aliphatic heterocycles. The number of hydrogen-bond donors (Lipinski definition) is 0. The molecule has 0 saturated heterocycles. The zero-order valence-electron chi connectivity index (χ0n) is 13.4. The summed E-state index contributed by atoms with van der Waals surface area (Å²) in [7, 11) is 0. The van der Waals surface area contributed by atoms with Crippen molar-refractivity contribution in [3.05, 3.63) is 35.9 Å². The molecule has 0 fully saturated rings. The van der Waals surface area contributed by atoms with E-state index in [9.17, 15) is 9.59 Å². The Morgan fingerprint density at radius 1 is 1.26 bits per heavy atom. The molecule has 0 spiro atoms. The van der Waals surface area contributed by atoms with Gasteiger partial charge in [-0.15, -0.1) is 0 Å². The first-order chi connectivity index (χ1) is 10.8. The molecule has 0 N–H and O–H groups in total. The second kappa shape index (κ2) is 5.61.